The number of carbonyl (C=O) groups is 1. The molecule has 4 nitrogen and oxygen atoms in total. The Morgan fingerprint density at radius 1 is 1.50 bits per heavy atom. The smallest absolute Gasteiger partial charge is 0.401 e. The van der Waals surface area contributed by atoms with Gasteiger partial charge in [-0.3, -0.25) is 9.69 Å². The van der Waals surface area contributed by atoms with Crippen LogP contribution in [-0.2, 0) is 14.3 Å². The Bertz CT molecular complexity index is 265. The number of ether oxygens (including phenoxy) is 2. The van der Waals surface area contributed by atoms with Crippen molar-refractivity contribution in [2.24, 2.45) is 0 Å². The molecule has 7 heteroatoms. The molecule has 18 heavy (non-hydrogen) atoms. The average Bonchev–Trinajstić information content (AvgIpc) is 2.76. The molecule has 1 unspecified atom stereocenters. The van der Waals surface area contributed by atoms with Crippen molar-refractivity contribution in [1.82, 2.24) is 4.90 Å². The minimum atomic E-state index is -4.27. The van der Waals surface area contributed by atoms with E-state index in [1.165, 1.54) is 12.0 Å². The summed E-state index contributed by atoms with van der Waals surface area (Å²) in [6.07, 6.45) is -2.83. The molecule has 1 saturated heterocycles. The summed E-state index contributed by atoms with van der Waals surface area (Å²) in [6, 6.07) is 0. The fourth-order valence-corrected chi connectivity index (χ4v) is 1.92. The molecule has 0 radical (unpaired) electrons. The zero-order valence-electron chi connectivity index (χ0n) is 10.3. The fraction of sp³-hybridized carbons (Fsp3) is 0.909. The van der Waals surface area contributed by atoms with E-state index in [0.717, 1.165) is 12.8 Å². The van der Waals surface area contributed by atoms with Gasteiger partial charge in [-0.2, -0.15) is 13.2 Å². The van der Waals surface area contributed by atoms with Crippen molar-refractivity contribution in [1.29, 1.82) is 0 Å². The number of alkyl halides is 3. The van der Waals surface area contributed by atoms with E-state index < -0.39 is 18.7 Å². The number of halogens is 3. The molecule has 1 rings (SSSR count). The third-order valence-electron chi connectivity index (χ3n) is 2.75. The number of methoxy groups -OCH3 is 1. The van der Waals surface area contributed by atoms with Gasteiger partial charge in [0, 0.05) is 19.7 Å². The van der Waals surface area contributed by atoms with Crippen molar-refractivity contribution in [2.45, 2.75) is 31.5 Å². The second-order valence-electron chi connectivity index (χ2n) is 4.31. The summed E-state index contributed by atoms with van der Waals surface area (Å²) < 4.78 is 46.9. The maximum Gasteiger partial charge on any atom is 0.401 e. The van der Waals surface area contributed by atoms with Crippen LogP contribution in [0.5, 0.6) is 0 Å². The topological polar surface area (TPSA) is 38.8 Å². The number of nitrogens with zero attached hydrogens (tertiary/aromatic N) is 1. The van der Waals surface area contributed by atoms with Crippen LogP contribution in [0.1, 0.15) is 19.3 Å². The highest BCUT2D eigenvalue weighted by Crippen LogP contribution is 2.19. The molecule has 0 bridgehead atoms. The third-order valence-corrected chi connectivity index (χ3v) is 2.75. The number of rotatable bonds is 6. The van der Waals surface area contributed by atoms with Gasteiger partial charge in [0.1, 0.15) is 0 Å². The Labute approximate surface area is 104 Å². The second kappa shape index (κ2) is 6.94. The minimum Gasteiger partial charge on any atom is -0.469 e. The molecule has 106 valence electrons. The number of hydrogen-bond donors (Lipinski definition) is 0. The highest BCUT2D eigenvalue weighted by atomic mass is 19.4. The summed E-state index contributed by atoms with van der Waals surface area (Å²) in [7, 11) is 1.22. The van der Waals surface area contributed by atoms with E-state index in [2.05, 4.69) is 4.74 Å². The van der Waals surface area contributed by atoms with Gasteiger partial charge in [0.2, 0.25) is 0 Å². The average molecular weight is 269 g/mol. The molecule has 1 aliphatic heterocycles. The normalized spacial score (nSPS) is 20.4. The minimum absolute atomic E-state index is 0.0338. The molecule has 1 atom stereocenters. The summed E-state index contributed by atoms with van der Waals surface area (Å²) in [5.74, 6) is -0.505. The van der Waals surface area contributed by atoms with Crippen LogP contribution in [0.15, 0.2) is 0 Å². The van der Waals surface area contributed by atoms with Crippen LogP contribution in [0.4, 0.5) is 13.2 Å². The van der Waals surface area contributed by atoms with Crippen LogP contribution >= 0.6 is 0 Å². The van der Waals surface area contributed by atoms with Crippen molar-refractivity contribution >= 4 is 5.97 Å². The van der Waals surface area contributed by atoms with Gasteiger partial charge in [-0.25, -0.2) is 0 Å². The first-order chi connectivity index (χ1) is 8.40. The monoisotopic (exact) mass is 269 g/mol. The summed E-state index contributed by atoms with van der Waals surface area (Å²) in [4.78, 5) is 12.2. The SMILES string of the molecule is COC(=O)CCN(CC1CCCO1)CC(F)(F)F. The van der Waals surface area contributed by atoms with Gasteiger partial charge in [0.25, 0.3) is 0 Å². The van der Waals surface area contributed by atoms with Crippen molar-refractivity contribution < 1.29 is 27.4 Å². The Hall–Kier alpha value is -0.820. The quantitative estimate of drug-likeness (QED) is 0.686. The van der Waals surface area contributed by atoms with Crippen molar-refractivity contribution in [2.75, 3.05) is 33.4 Å². The third kappa shape index (κ3) is 6.20. The Morgan fingerprint density at radius 3 is 2.72 bits per heavy atom. The Kier molecular flexibility index (Phi) is 5.87. The second-order valence-corrected chi connectivity index (χ2v) is 4.31. The van der Waals surface area contributed by atoms with E-state index in [9.17, 15) is 18.0 Å². The first kappa shape index (κ1) is 15.2. The van der Waals surface area contributed by atoms with E-state index in [0.29, 0.717) is 6.61 Å². The standard InChI is InChI=1S/C11H18F3NO3/c1-17-10(16)4-5-15(8-11(12,13)14)7-9-3-2-6-18-9/h9H,2-8H2,1H3. The van der Waals surface area contributed by atoms with Crippen molar-refractivity contribution in [3.8, 4) is 0 Å². The zero-order valence-corrected chi connectivity index (χ0v) is 10.3. The molecule has 0 N–H and O–H groups in total. The number of carbonyl (C=O) groups excluding carboxylic acids is 1. The molecule has 0 amide bonds. The zero-order chi connectivity index (χ0) is 13.6. The Balaban J connectivity index is 2.42. The molecule has 0 aromatic heterocycles. The van der Waals surface area contributed by atoms with Crippen molar-refractivity contribution in [3.63, 3.8) is 0 Å². The van der Waals surface area contributed by atoms with Crippen LogP contribution in [0, 0.1) is 0 Å². The number of esters is 1. The van der Waals surface area contributed by atoms with Gasteiger partial charge in [-0.05, 0) is 12.8 Å². The maximum atomic E-state index is 12.4. The van der Waals surface area contributed by atoms with Gasteiger partial charge in [0.15, 0.2) is 0 Å². The molecule has 1 fully saturated rings. The largest absolute Gasteiger partial charge is 0.469 e. The Morgan fingerprint density at radius 2 is 2.22 bits per heavy atom. The lowest BCUT2D eigenvalue weighted by Crippen LogP contribution is -2.40. The van der Waals surface area contributed by atoms with Crippen LogP contribution in [0.3, 0.4) is 0 Å². The maximum absolute atomic E-state index is 12.4. The van der Waals surface area contributed by atoms with Crippen LogP contribution < -0.4 is 0 Å². The van der Waals surface area contributed by atoms with Crippen LogP contribution in [-0.4, -0.2) is 56.5 Å². The highest BCUT2D eigenvalue weighted by molar-refractivity contribution is 5.69. The van der Waals surface area contributed by atoms with Gasteiger partial charge in [0.05, 0.1) is 26.2 Å². The molecule has 1 heterocycles. The summed E-state index contributed by atoms with van der Waals surface area (Å²) >= 11 is 0. The molecule has 0 saturated carbocycles. The first-order valence-electron chi connectivity index (χ1n) is 5.88. The van der Waals surface area contributed by atoms with Crippen LogP contribution in [0.2, 0.25) is 0 Å². The lowest BCUT2D eigenvalue weighted by Gasteiger charge is -2.25. The van der Waals surface area contributed by atoms with E-state index in [1.807, 2.05) is 0 Å². The molecule has 0 aromatic rings. The van der Waals surface area contributed by atoms with Gasteiger partial charge >= 0.3 is 12.1 Å². The van der Waals surface area contributed by atoms with E-state index in [4.69, 9.17) is 4.74 Å². The molecule has 0 spiro atoms. The van der Waals surface area contributed by atoms with Crippen LogP contribution in [0.25, 0.3) is 0 Å². The molecule has 0 aliphatic carbocycles. The van der Waals surface area contributed by atoms with Gasteiger partial charge in [-0.1, -0.05) is 0 Å². The van der Waals surface area contributed by atoms with E-state index in [-0.39, 0.29) is 25.6 Å². The first-order valence-corrected chi connectivity index (χ1v) is 5.88. The molecule has 0 aromatic carbocycles. The highest BCUT2D eigenvalue weighted by Gasteiger charge is 2.32. The summed E-state index contributed by atoms with van der Waals surface area (Å²) in [6.45, 7) is -0.187. The van der Waals surface area contributed by atoms with Gasteiger partial charge in [-0.15, -0.1) is 0 Å². The molecule has 1 aliphatic rings. The lowest BCUT2D eigenvalue weighted by molar-refractivity contribution is -0.153. The predicted molar refractivity (Wildman–Crippen MR) is 58.1 cm³/mol. The number of hydrogen-bond acceptors (Lipinski definition) is 4. The fourth-order valence-electron chi connectivity index (χ4n) is 1.92. The lowest BCUT2D eigenvalue weighted by atomic mass is 10.2. The van der Waals surface area contributed by atoms with E-state index >= 15 is 0 Å². The molecular formula is C11H18F3NO3. The predicted octanol–water partition coefficient (Wildman–Crippen LogP) is 1.59. The van der Waals surface area contributed by atoms with Crippen molar-refractivity contribution in [3.05, 3.63) is 0 Å². The van der Waals surface area contributed by atoms with E-state index in [1.54, 1.807) is 0 Å². The summed E-state index contributed by atoms with van der Waals surface area (Å²) in [5.41, 5.74) is 0. The van der Waals surface area contributed by atoms with Gasteiger partial charge < -0.3 is 9.47 Å². The molecular weight excluding hydrogens is 251 g/mol. The summed E-state index contributed by atoms with van der Waals surface area (Å²) in [5, 5.41) is 0.